The predicted molar refractivity (Wildman–Crippen MR) is 80.0 cm³/mol. The summed E-state index contributed by atoms with van der Waals surface area (Å²) >= 11 is 0. The van der Waals surface area contributed by atoms with Crippen molar-refractivity contribution in [2.45, 2.75) is 52.2 Å². The molecule has 0 saturated heterocycles. The van der Waals surface area contributed by atoms with E-state index >= 15 is 0 Å². The number of hydrogen-bond donors (Lipinski definition) is 2. The summed E-state index contributed by atoms with van der Waals surface area (Å²) in [5, 5.41) is 11.9. The van der Waals surface area contributed by atoms with Gasteiger partial charge in [0, 0.05) is 13.0 Å². The normalized spacial score (nSPS) is 10.8. The first-order valence-electron chi connectivity index (χ1n) is 7.26. The van der Waals surface area contributed by atoms with E-state index in [1.165, 1.54) is 5.56 Å². The summed E-state index contributed by atoms with van der Waals surface area (Å²) in [6.07, 6.45) is 3.18. The molecule has 0 spiro atoms. The van der Waals surface area contributed by atoms with Crippen molar-refractivity contribution in [2.24, 2.45) is 0 Å². The number of nitrogens with one attached hydrogen (secondary N) is 1. The van der Waals surface area contributed by atoms with Crippen LogP contribution >= 0.6 is 0 Å². The molecule has 0 aliphatic carbocycles. The maximum absolute atomic E-state index is 10.4. The van der Waals surface area contributed by atoms with Gasteiger partial charge in [-0.3, -0.25) is 4.79 Å². The van der Waals surface area contributed by atoms with Crippen molar-refractivity contribution in [1.82, 2.24) is 5.32 Å². The van der Waals surface area contributed by atoms with Crippen LogP contribution in [-0.2, 0) is 11.3 Å². The van der Waals surface area contributed by atoms with Crippen molar-refractivity contribution in [3.05, 3.63) is 29.8 Å². The van der Waals surface area contributed by atoms with E-state index in [1.54, 1.807) is 0 Å². The summed E-state index contributed by atoms with van der Waals surface area (Å²) in [4.78, 5) is 10.4. The molecular formula is C16H25NO3. The molecule has 20 heavy (non-hydrogen) atoms. The second kappa shape index (κ2) is 9.37. The number of hydrogen-bond acceptors (Lipinski definition) is 3. The zero-order valence-electron chi connectivity index (χ0n) is 12.4. The lowest BCUT2D eigenvalue weighted by Crippen LogP contribution is -2.15. The zero-order chi connectivity index (χ0) is 14.8. The molecule has 112 valence electrons. The number of rotatable bonds is 10. The second-order valence-electron chi connectivity index (χ2n) is 5.20. The van der Waals surface area contributed by atoms with Gasteiger partial charge in [-0.05, 0) is 50.9 Å². The van der Waals surface area contributed by atoms with Gasteiger partial charge in [-0.1, -0.05) is 18.6 Å². The van der Waals surface area contributed by atoms with E-state index in [-0.39, 0.29) is 12.5 Å². The molecule has 0 heterocycles. The van der Waals surface area contributed by atoms with E-state index in [0.717, 1.165) is 38.1 Å². The average molecular weight is 279 g/mol. The van der Waals surface area contributed by atoms with Crippen molar-refractivity contribution in [3.63, 3.8) is 0 Å². The van der Waals surface area contributed by atoms with Gasteiger partial charge in [-0.2, -0.15) is 0 Å². The second-order valence-corrected chi connectivity index (χ2v) is 5.20. The van der Waals surface area contributed by atoms with Gasteiger partial charge in [0.2, 0.25) is 0 Å². The third kappa shape index (κ3) is 7.79. The fourth-order valence-corrected chi connectivity index (χ4v) is 1.94. The maximum Gasteiger partial charge on any atom is 0.303 e. The molecule has 4 heteroatoms. The summed E-state index contributed by atoms with van der Waals surface area (Å²) in [5.74, 6) is 0.195. The largest absolute Gasteiger partial charge is 0.491 e. The fourth-order valence-electron chi connectivity index (χ4n) is 1.94. The van der Waals surface area contributed by atoms with E-state index in [4.69, 9.17) is 9.84 Å². The highest BCUT2D eigenvalue weighted by molar-refractivity contribution is 5.66. The molecule has 0 bridgehead atoms. The lowest BCUT2D eigenvalue weighted by atomic mass is 10.2. The Balaban J connectivity index is 2.17. The van der Waals surface area contributed by atoms with Gasteiger partial charge in [-0.15, -0.1) is 0 Å². The minimum atomic E-state index is -0.708. The molecule has 1 rings (SSSR count). The van der Waals surface area contributed by atoms with E-state index in [9.17, 15) is 4.79 Å². The monoisotopic (exact) mass is 279 g/mol. The van der Waals surface area contributed by atoms with Gasteiger partial charge in [0.05, 0.1) is 6.10 Å². The summed E-state index contributed by atoms with van der Waals surface area (Å²) < 4.78 is 5.65. The lowest BCUT2D eigenvalue weighted by Gasteiger charge is -2.11. The van der Waals surface area contributed by atoms with Gasteiger partial charge in [0.25, 0.3) is 0 Å². The Hall–Kier alpha value is -1.55. The van der Waals surface area contributed by atoms with Gasteiger partial charge in [-0.25, -0.2) is 0 Å². The van der Waals surface area contributed by atoms with E-state index in [2.05, 4.69) is 17.4 Å². The molecule has 0 aliphatic rings. The molecule has 0 atom stereocenters. The molecule has 4 nitrogen and oxygen atoms in total. The van der Waals surface area contributed by atoms with E-state index < -0.39 is 5.97 Å². The van der Waals surface area contributed by atoms with Crippen LogP contribution in [0.1, 0.15) is 45.1 Å². The molecule has 0 saturated carbocycles. The molecule has 0 fully saturated rings. The van der Waals surface area contributed by atoms with Gasteiger partial charge in [0.1, 0.15) is 5.75 Å². The molecule has 1 aromatic rings. The fraction of sp³-hybridized carbons (Fsp3) is 0.562. The van der Waals surface area contributed by atoms with Gasteiger partial charge >= 0.3 is 5.97 Å². The Bertz CT molecular complexity index is 404. The van der Waals surface area contributed by atoms with E-state index in [0.29, 0.717) is 0 Å². The molecule has 0 radical (unpaired) electrons. The molecule has 2 N–H and O–H groups in total. The Labute approximate surface area is 121 Å². The lowest BCUT2D eigenvalue weighted by molar-refractivity contribution is -0.137. The topological polar surface area (TPSA) is 58.6 Å². The number of carboxylic acid groups (broad SMARTS) is 1. The third-order valence-electron chi connectivity index (χ3n) is 2.84. The smallest absolute Gasteiger partial charge is 0.303 e. The van der Waals surface area contributed by atoms with Crippen molar-refractivity contribution >= 4 is 5.97 Å². The Kier molecular flexibility index (Phi) is 7.73. The molecule has 0 unspecified atom stereocenters. The summed E-state index contributed by atoms with van der Waals surface area (Å²) in [5.41, 5.74) is 1.20. The molecule has 0 aliphatic heterocycles. The van der Waals surface area contributed by atoms with Crippen molar-refractivity contribution in [3.8, 4) is 5.75 Å². The summed E-state index contributed by atoms with van der Waals surface area (Å²) in [6, 6.07) is 8.10. The first kappa shape index (κ1) is 16.5. The first-order valence-corrected chi connectivity index (χ1v) is 7.26. The number of ether oxygens (including phenoxy) is 1. The van der Waals surface area contributed by atoms with Gasteiger partial charge in [0.15, 0.2) is 0 Å². The molecule has 1 aromatic carbocycles. The average Bonchev–Trinajstić information content (AvgIpc) is 2.37. The Morgan fingerprint density at radius 1 is 1.30 bits per heavy atom. The molecular weight excluding hydrogens is 254 g/mol. The highest BCUT2D eigenvalue weighted by Crippen LogP contribution is 2.14. The number of carboxylic acids is 1. The quantitative estimate of drug-likeness (QED) is 0.646. The van der Waals surface area contributed by atoms with Crippen LogP contribution in [0.2, 0.25) is 0 Å². The van der Waals surface area contributed by atoms with Crippen LogP contribution in [0.4, 0.5) is 0 Å². The SMILES string of the molecule is CC(C)Oc1cccc(CNCCCCCC(=O)O)c1. The number of unbranched alkanes of at least 4 members (excludes halogenated alkanes) is 2. The number of benzene rings is 1. The van der Waals surface area contributed by atoms with Crippen LogP contribution < -0.4 is 10.1 Å². The number of carbonyl (C=O) groups is 1. The van der Waals surface area contributed by atoms with Gasteiger partial charge < -0.3 is 15.2 Å². The standard InChI is InChI=1S/C16H25NO3/c1-13(2)20-15-8-6-7-14(11-15)12-17-10-5-3-4-9-16(18)19/h6-8,11,13,17H,3-5,9-10,12H2,1-2H3,(H,18,19). The summed E-state index contributed by atoms with van der Waals surface area (Å²) in [7, 11) is 0. The summed E-state index contributed by atoms with van der Waals surface area (Å²) in [6.45, 7) is 5.76. The predicted octanol–water partition coefficient (Wildman–Crippen LogP) is 3.21. The van der Waals surface area contributed by atoms with E-state index in [1.807, 2.05) is 26.0 Å². The van der Waals surface area contributed by atoms with Crippen LogP contribution in [0.25, 0.3) is 0 Å². The van der Waals surface area contributed by atoms with Crippen LogP contribution in [-0.4, -0.2) is 23.7 Å². The minimum Gasteiger partial charge on any atom is -0.491 e. The maximum atomic E-state index is 10.4. The zero-order valence-corrected chi connectivity index (χ0v) is 12.4. The highest BCUT2D eigenvalue weighted by atomic mass is 16.5. The van der Waals surface area contributed by atoms with Crippen LogP contribution in [0.3, 0.4) is 0 Å². The Morgan fingerprint density at radius 2 is 2.10 bits per heavy atom. The van der Waals surface area contributed by atoms with Crippen molar-refractivity contribution in [2.75, 3.05) is 6.54 Å². The number of aliphatic carboxylic acids is 1. The molecule has 0 amide bonds. The highest BCUT2D eigenvalue weighted by Gasteiger charge is 2.00. The first-order chi connectivity index (χ1) is 9.58. The van der Waals surface area contributed by atoms with Crippen LogP contribution in [0, 0.1) is 0 Å². The van der Waals surface area contributed by atoms with Crippen LogP contribution in [0.5, 0.6) is 5.75 Å². The molecule has 0 aromatic heterocycles. The van der Waals surface area contributed by atoms with Crippen molar-refractivity contribution in [1.29, 1.82) is 0 Å². The third-order valence-corrected chi connectivity index (χ3v) is 2.84. The minimum absolute atomic E-state index is 0.187. The Morgan fingerprint density at radius 3 is 2.80 bits per heavy atom. The van der Waals surface area contributed by atoms with Crippen LogP contribution in [0.15, 0.2) is 24.3 Å². The van der Waals surface area contributed by atoms with Crippen molar-refractivity contribution < 1.29 is 14.6 Å².